The van der Waals surface area contributed by atoms with Crippen LogP contribution in [-0.2, 0) is 19.5 Å². The maximum atomic E-state index is 14.5. The van der Waals surface area contributed by atoms with Crippen LogP contribution in [0.3, 0.4) is 0 Å². The SMILES string of the molecule is CCOP(OCC)C(F)(F)c1cccc(/C(C)=C/C(=O)O)c1. The number of hydrogen-bond donors (Lipinski definition) is 1. The largest absolute Gasteiger partial charge is 0.478 e. The van der Waals surface area contributed by atoms with Gasteiger partial charge in [0.15, 0.2) is 0 Å². The van der Waals surface area contributed by atoms with Gasteiger partial charge in [0.05, 0.1) is 13.2 Å². The van der Waals surface area contributed by atoms with Crippen molar-refractivity contribution >= 4 is 19.9 Å². The van der Waals surface area contributed by atoms with Gasteiger partial charge in [-0.3, -0.25) is 0 Å². The number of halogens is 2. The quantitative estimate of drug-likeness (QED) is 0.558. The molecule has 0 fully saturated rings. The first-order valence-electron chi connectivity index (χ1n) is 6.78. The number of carboxylic acids is 1. The van der Waals surface area contributed by atoms with Crippen LogP contribution in [0.1, 0.15) is 31.9 Å². The summed E-state index contributed by atoms with van der Waals surface area (Å²) in [6.07, 6.45) is 0.977. The van der Waals surface area contributed by atoms with Gasteiger partial charge in [-0.2, -0.15) is 8.78 Å². The number of carboxylic acid groups (broad SMARTS) is 1. The Kier molecular flexibility index (Phi) is 7.07. The van der Waals surface area contributed by atoms with Gasteiger partial charge in [0.25, 0.3) is 8.38 Å². The standard InChI is InChI=1S/C15H19F2O4P/c1-4-20-22(21-5-2)15(16,17)13-8-6-7-12(10-13)11(3)9-14(18)19/h6-10H,4-5H2,1-3H3,(H,18,19)/b11-9+. The lowest BCUT2D eigenvalue weighted by atomic mass is 10.0. The smallest absolute Gasteiger partial charge is 0.339 e. The van der Waals surface area contributed by atoms with Crippen LogP contribution in [0.2, 0.25) is 0 Å². The third-order valence-electron chi connectivity index (χ3n) is 2.73. The summed E-state index contributed by atoms with van der Waals surface area (Å²) in [4.78, 5) is 10.7. The monoisotopic (exact) mass is 332 g/mol. The van der Waals surface area contributed by atoms with Crippen LogP contribution in [0.5, 0.6) is 0 Å². The van der Waals surface area contributed by atoms with Crippen molar-refractivity contribution in [3.63, 3.8) is 0 Å². The van der Waals surface area contributed by atoms with E-state index < -0.39 is 20.0 Å². The van der Waals surface area contributed by atoms with Gasteiger partial charge >= 0.3 is 11.6 Å². The molecule has 0 saturated carbocycles. The van der Waals surface area contributed by atoms with Crippen LogP contribution < -0.4 is 0 Å². The summed E-state index contributed by atoms with van der Waals surface area (Å²) in [5.74, 6) is -1.12. The van der Waals surface area contributed by atoms with Crippen LogP contribution >= 0.6 is 8.38 Å². The van der Waals surface area contributed by atoms with E-state index in [0.717, 1.165) is 6.08 Å². The highest BCUT2D eigenvalue weighted by Gasteiger charge is 2.44. The number of alkyl halides is 2. The highest BCUT2D eigenvalue weighted by atomic mass is 31.2. The highest BCUT2D eigenvalue weighted by Crippen LogP contribution is 2.59. The molecule has 0 saturated heterocycles. The third kappa shape index (κ3) is 4.83. The molecule has 0 spiro atoms. The highest BCUT2D eigenvalue weighted by molar-refractivity contribution is 7.48. The van der Waals surface area contributed by atoms with E-state index >= 15 is 0 Å². The predicted octanol–water partition coefficient (Wildman–Crippen LogP) is 4.61. The van der Waals surface area contributed by atoms with Crippen molar-refractivity contribution in [1.29, 1.82) is 0 Å². The van der Waals surface area contributed by atoms with Crippen molar-refractivity contribution < 1.29 is 27.7 Å². The van der Waals surface area contributed by atoms with E-state index in [1.54, 1.807) is 26.8 Å². The van der Waals surface area contributed by atoms with E-state index in [-0.39, 0.29) is 18.8 Å². The number of allylic oxidation sites excluding steroid dienone is 1. The zero-order valence-corrected chi connectivity index (χ0v) is 13.6. The summed E-state index contributed by atoms with van der Waals surface area (Å²) in [6, 6.07) is 5.59. The molecule has 1 aromatic rings. The third-order valence-corrected chi connectivity index (χ3v) is 4.43. The number of rotatable bonds is 8. The molecule has 0 unspecified atom stereocenters. The van der Waals surface area contributed by atoms with Gasteiger partial charge in [0, 0.05) is 11.6 Å². The number of aliphatic carboxylic acids is 1. The molecule has 0 aromatic heterocycles. The molecule has 22 heavy (non-hydrogen) atoms. The summed E-state index contributed by atoms with van der Waals surface area (Å²) in [6.45, 7) is 5.05. The normalized spacial score (nSPS) is 12.7. The molecule has 7 heteroatoms. The molecule has 0 bridgehead atoms. The van der Waals surface area contributed by atoms with Crippen molar-refractivity contribution in [2.24, 2.45) is 0 Å². The molecule has 1 rings (SSSR count). The van der Waals surface area contributed by atoms with E-state index in [4.69, 9.17) is 14.2 Å². The lowest BCUT2D eigenvalue weighted by Gasteiger charge is -2.25. The van der Waals surface area contributed by atoms with Gasteiger partial charge in [0.2, 0.25) is 0 Å². The molecule has 1 aromatic carbocycles. The lowest BCUT2D eigenvalue weighted by Crippen LogP contribution is -2.15. The number of benzene rings is 1. The molecule has 0 amide bonds. The van der Waals surface area contributed by atoms with Crippen molar-refractivity contribution in [3.8, 4) is 0 Å². The van der Waals surface area contributed by atoms with E-state index in [1.165, 1.54) is 18.2 Å². The summed E-state index contributed by atoms with van der Waals surface area (Å²) >= 11 is 0. The molecule has 0 radical (unpaired) electrons. The number of hydrogen-bond acceptors (Lipinski definition) is 3. The zero-order chi connectivity index (χ0) is 16.8. The summed E-state index contributed by atoms with van der Waals surface area (Å²) in [5.41, 5.74) is -2.72. The first kappa shape index (κ1) is 18.7. The Morgan fingerprint density at radius 1 is 1.32 bits per heavy atom. The second kappa shape index (κ2) is 8.32. The minimum Gasteiger partial charge on any atom is -0.478 e. The maximum absolute atomic E-state index is 14.5. The molecule has 0 atom stereocenters. The van der Waals surface area contributed by atoms with Crippen molar-refractivity contribution in [1.82, 2.24) is 0 Å². The van der Waals surface area contributed by atoms with Crippen LogP contribution in [0, 0.1) is 0 Å². The Morgan fingerprint density at radius 2 is 1.91 bits per heavy atom. The first-order chi connectivity index (χ1) is 10.3. The summed E-state index contributed by atoms with van der Waals surface area (Å²) in [5, 5.41) is 8.74. The van der Waals surface area contributed by atoms with Gasteiger partial charge in [-0.05, 0) is 38.0 Å². The fourth-order valence-electron chi connectivity index (χ4n) is 1.76. The Labute approximate surface area is 129 Å². The minimum absolute atomic E-state index is 0.124. The molecular formula is C15H19F2O4P. The Balaban J connectivity index is 3.16. The predicted molar refractivity (Wildman–Crippen MR) is 81.8 cm³/mol. The average molecular weight is 332 g/mol. The lowest BCUT2D eigenvalue weighted by molar-refractivity contribution is -0.131. The van der Waals surface area contributed by atoms with Gasteiger partial charge < -0.3 is 14.2 Å². The number of carbonyl (C=O) groups is 1. The Bertz CT molecular complexity index is 540. The maximum Gasteiger partial charge on any atom is 0.339 e. The minimum atomic E-state index is -3.28. The van der Waals surface area contributed by atoms with Crippen LogP contribution in [0.15, 0.2) is 30.3 Å². The molecule has 0 aliphatic rings. The van der Waals surface area contributed by atoms with Crippen LogP contribution in [-0.4, -0.2) is 24.3 Å². The Hall–Kier alpha value is -1.36. The molecule has 122 valence electrons. The van der Waals surface area contributed by atoms with E-state index in [1.807, 2.05) is 0 Å². The van der Waals surface area contributed by atoms with Crippen molar-refractivity contribution in [3.05, 3.63) is 41.5 Å². The van der Waals surface area contributed by atoms with E-state index in [9.17, 15) is 13.6 Å². The first-order valence-corrected chi connectivity index (χ1v) is 7.96. The molecular weight excluding hydrogens is 313 g/mol. The van der Waals surface area contributed by atoms with Gasteiger partial charge in [-0.25, -0.2) is 4.79 Å². The molecule has 0 heterocycles. The molecule has 4 nitrogen and oxygen atoms in total. The van der Waals surface area contributed by atoms with Gasteiger partial charge in [-0.15, -0.1) is 0 Å². The van der Waals surface area contributed by atoms with Gasteiger partial charge in [0.1, 0.15) is 0 Å². The fraction of sp³-hybridized carbons (Fsp3) is 0.400. The average Bonchev–Trinajstić information content (AvgIpc) is 2.46. The van der Waals surface area contributed by atoms with E-state index in [2.05, 4.69) is 0 Å². The second-order valence-corrected chi connectivity index (χ2v) is 5.97. The molecule has 0 aliphatic carbocycles. The van der Waals surface area contributed by atoms with Gasteiger partial charge in [-0.1, -0.05) is 18.2 Å². The van der Waals surface area contributed by atoms with Crippen molar-refractivity contribution in [2.75, 3.05) is 13.2 Å². The van der Waals surface area contributed by atoms with Crippen LogP contribution in [0.25, 0.3) is 5.57 Å². The van der Waals surface area contributed by atoms with Crippen molar-refractivity contribution in [2.45, 2.75) is 26.4 Å². The zero-order valence-electron chi connectivity index (χ0n) is 12.7. The Morgan fingerprint density at radius 3 is 2.41 bits per heavy atom. The fourth-order valence-corrected chi connectivity index (χ4v) is 2.98. The summed E-state index contributed by atoms with van der Waals surface area (Å²) < 4.78 is 39.2. The summed E-state index contributed by atoms with van der Waals surface area (Å²) in [7, 11) is -2.40. The topological polar surface area (TPSA) is 55.8 Å². The van der Waals surface area contributed by atoms with Crippen LogP contribution in [0.4, 0.5) is 8.78 Å². The molecule has 0 aliphatic heterocycles. The van der Waals surface area contributed by atoms with E-state index in [0.29, 0.717) is 11.1 Å². The second-order valence-electron chi connectivity index (χ2n) is 4.38. The molecule has 1 N–H and O–H groups in total.